The van der Waals surface area contributed by atoms with Gasteiger partial charge in [0, 0.05) is 21.2 Å². The summed E-state index contributed by atoms with van der Waals surface area (Å²) in [5, 5.41) is 1.60. The molecule has 6 heteroatoms. The van der Waals surface area contributed by atoms with Crippen molar-refractivity contribution in [2.45, 2.75) is 0 Å². The maximum atomic E-state index is 6.03. The number of hydrogen-bond donors (Lipinski definition) is 0. The summed E-state index contributed by atoms with van der Waals surface area (Å²) in [6.45, 7) is 0. The zero-order chi connectivity index (χ0) is 15.7. The van der Waals surface area contributed by atoms with Crippen molar-refractivity contribution >= 4 is 46.4 Å². The highest BCUT2D eigenvalue weighted by molar-refractivity contribution is 6.40. The van der Waals surface area contributed by atoms with Crippen molar-refractivity contribution in [3.8, 4) is 22.5 Å². The number of nitrogens with zero attached hydrogens (tertiary/aromatic N) is 2. The van der Waals surface area contributed by atoms with E-state index in [1.54, 1.807) is 24.3 Å². The minimum atomic E-state index is 0.157. The number of benzene rings is 2. The van der Waals surface area contributed by atoms with Crippen LogP contribution in [0.5, 0.6) is 0 Å². The summed E-state index contributed by atoms with van der Waals surface area (Å²) in [5.41, 5.74) is 2.96. The first-order valence-electron chi connectivity index (χ1n) is 6.29. The fourth-order valence-electron chi connectivity index (χ4n) is 2.01. The average molecular weight is 370 g/mol. The molecule has 3 rings (SSSR count). The topological polar surface area (TPSA) is 25.8 Å². The minimum absolute atomic E-state index is 0.157. The normalized spacial score (nSPS) is 10.7. The molecule has 0 aliphatic carbocycles. The van der Waals surface area contributed by atoms with Gasteiger partial charge in [0.05, 0.1) is 11.4 Å². The van der Waals surface area contributed by atoms with E-state index in [0.717, 1.165) is 11.1 Å². The van der Waals surface area contributed by atoms with Gasteiger partial charge in [-0.3, -0.25) is 0 Å². The van der Waals surface area contributed by atoms with Crippen LogP contribution in [0.3, 0.4) is 0 Å². The standard InChI is InChI=1S/C16H8Cl4N2/c17-11-5-1-9(2-6-11)13-14(22-16(20)15(19)21-13)10-3-7-12(18)8-4-10/h1-8H. The van der Waals surface area contributed by atoms with Gasteiger partial charge in [0.2, 0.25) is 0 Å². The Morgan fingerprint density at radius 2 is 0.818 bits per heavy atom. The van der Waals surface area contributed by atoms with Crippen LogP contribution in [0, 0.1) is 0 Å². The van der Waals surface area contributed by atoms with Crippen LogP contribution < -0.4 is 0 Å². The summed E-state index contributed by atoms with van der Waals surface area (Å²) < 4.78 is 0. The third-order valence-corrected chi connectivity index (χ3v) is 4.18. The Morgan fingerprint density at radius 1 is 0.500 bits per heavy atom. The molecule has 0 unspecified atom stereocenters. The molecule has 0 amide bonds. The SMILES string of the molecule is Clc1ccc(-c2nc(Cl)c(Cl)nc2-c2ccc(Cl)cc2)cc1. The Hall–Kier alpha value is -1.32. The largest absolute Gasteiger partial charge is 0.231 e. The van der Waals surface area contributed by atoms with Crippen LogP contribution in [0.4, 0.5) is 0 Å². The number of rotatable bonds is 2. The second-order valence-corrected chi connectivity index (χ2v) is 6.11. The van der Waals surface area contributed by atoms with Crippen LogP contribution in [-0.4, -0.2) is 9.97 Å². The quantitative estimate of drug-likeness (QED) is 0.520. The maximum Gasteiger partial charge on any atom is 0.167 e. The number of hydrogen-bond acceptors (Lipinski definition) is 2. The molecule has 0 aliphatic rings. The molecule has 22 heavy (non-hydrogen) atoms. The van der Waals surface area contributed by atoms with Gasteiger partial charge in [0.15, 0.2) is 10.3 Å². The summed E-state index contributed by atoms with van der Waals surface area (Å²) in [7, 11) is 0. The van der Waals surface area contributed by atoms with Crippen LogP contribution in [0.1, 0.15) is 0 Å². The van der Waals surface area contributed by atoms with Crippen LogP contribution in [-0.2, 0) is 0 Å². The Balaban J connectivity index is 2.22. The van der Waals surface area contributed by atoms with Gasteiger partial charge in [-0.2, -0.15) is 0 Å². The van der Waals surface area contributed by atoms with E-state index < -0.39 is 0 Å². The molecule has 0 aliphatic heterocycles. The molecule has 0 atom stereocenters. The highest BCUT2D eigenvalue weighted by Crippen LogP contribution is 2.33. The minimum Gasteiger partial charge on any atom is -0.231 e. The molecular weight excluding hydrogens is 362 g/mol. The first-order valence-corrected chi connectivity index (χ1v) is 7.80. The van der Waals surface area contributed by atoms with Crippen molar-refractivity contribution in [3.05, 3.63) is 68.9 Å². The number of aromatic nitrogens is 2. The smallest absolute Gasteiger partial charge is 0.167 e. The zero-order valence-electron chi connectivity index (χ0n) is 11.0. The van der Waals surface area contributed by atoms with E-state index in [1.807, 2.05) is 24.3 Å². The van der Waals surface area contributed by atoms with Gasteiger partial charge in [0.1, 0.15) is 0 Å². The summed E-state index contributed by atoms with van der Waals surface area (Å²) in [5.74, 6) is 0. The van der Waals surface area contributed by atoms with E-state index in [4.69, 9.17) is 46.4 Å². The van der Waals surface area contributed by atoms with E-state index in [0.29, 0.717) is 21.4 Å². The van der Waals surface area contributed by atoms with Gasteiger partial charge >= 0.3 is 0 Å². The molecule has 0 saturated heterocycles. The third kappa shape index (κ3) is 3.21. The third-order valence-electron chi connectivity index (χ3n) is 3.05. The fourth-order valence-corrected chi connectivity index (χ4v) is 2.52. The average Bonchev–Trinajstić information content (AvgIpc) is 2.51. The Labute approximate surface area is 147 Å². The van der Waals surface area contributed by atoms with Gasteiger partial charge in [-0.1, -0.05) is 70.7 Å². The molecule has 0 spiro atoms. The lowest BCUT2D eigenvalue weighted by molar-refractivity contribution is 1.21. The second-order valence-electron chi connectivity index (χ2n) is 4.52. The molecule has 110 valence electrons. The van der Waals surface area contributed by atoms with Gasteiger partial charge in [-0.05, 0) is 24.3 Å². The van der Waals surface area contributed by atoms with Gasteiger partial charge < -0.3 is 0 Å². The van der Waals surface area contributed by atoms with E-state index in [1.165, 1.54) is 0 Å². The van der Waals surface area contributed by atoms with Crippen molar-refractivity contribution in [2.75, 3.05) is 0 Å². The Bertz CT molecular complexity index is 744. The Kier molecular flexibility index (Phi) is 4.55. The lowest BCUT2D eigenvalue weighted by atomic mass is 10.0. The molecular formula is C16H8Cl4N2. The van der Waals surface area contributed by atoms with Crippen LogP contribution >= 0.6 is 46.4 Å². The van der Waals surface area contributed by atoms with Crippen molar-refractivity contribution < 1.29 is 0 Å². The van der Waals surface area contributed by atoms with Crippen molar-refractivity contribution in [2.24, 2.45) is 0 Å². The predicted molar refractivity (Wildman–Crippen MR) is 92.9 cm³/mol. The molecule has 0 bridgehead atoms. The van der Waals surface area contributed by atoms with E-state index in [9.17, 15) is 0 Å². The lowest BCUT2D eigenvalue weighted by Gasteiger charge is -2.10. The van der Waals surface area contributed by atoms with E-state index in [2.05, 4.69) is 9.97 Å². The first kappa shape index (κ1) is 15.6. The van der Waals surface area contributed by atoms with E-state index in [-0.39, 0.29) is 10.3 Å². The van der Waals surface area contributed by atoms with Crippen molar-refractivity contribution in [3.63, 3.8) is 0 Å². The van der Waals surface area contributed by atoms with Crippen molar-refractivity contribution in [1.29, 1.82) is 0 Å². The van der Waals surface area contributed by atoms with Crippen LogP contribution in [0.2, 0.25) is 20.4 Å². The molecule has 2 aromatic carbocycles. The summed E-state index contributed by atoms with van der Waals surface area (Å²) in [6, 6.07) is 14.6. The molecule has 1 heterocycles. The van der Waals surface area contributed by atoms with Gasteiger partial charge in [0.25, 0.3) is 0 Å². The Morgan fingerprint density at radius 3 is 1.14 bits per heavy atom. The molecule has 1 aromatic heterocycles. The molecule has 0 saturated carbocycles. The number of halogens is 4. The summed E-state index contributed by atoms with van der Waals surface area (Å²) >= 11 is 23.9. The monoisotopic (exact) mass is 368 g/mol. The zero-order valence-corrected chi connectivity index (χ0v) is 14.0. The molecule has 0 N–H and O–H groups in total. The fraction of sp³-hybridized carbons (Fsp3) is 0. The highest BCUT2D eigenvalue weighted by atomic mass is 35.5. The van der Waals surface area contributed by atoms with Crippen molar-refractivity contribution in [1.82, 2.24) is 9.97 Å². The molecule has 0 fully saturated rings. The molecule has 2 nitrogen and oxygen atoms in total. The predicted octanol–water partition coefficient (Wildman–Crippen LogP) is 6.42. The van der Waals surface area contributed by atoms with Crippen LogP contribution in [0.15, 0.2) is 48.5 Å². The molecule has 3 aromatic rings. The van der Waals surface area contributed by atoms with E-state index >= 15 is 0 Å². The molecule has 0 radical (unpaired) electrons. The lowest BCUT2D eigenvalue weighted by Crippen LogP contribution is -1.95. The summed E-state index contributed by atoms with van der Waals surface area (Å²) in [4.78, 5) is 8.73. The second kappa shape index (κ2) is 6.43. The highest BCUT2D eigenvalue weighted by Gasteiger charge is 2.15. The van der Waals surface area contributed by atoms with Crippen LogP contribution in [0.25, 0.3) is 22.5 Å². The maximum absolute atomic E-state index is 6.03. The first-order chi connectivity index (χ1) is 10.5. The van der Waals surface area contributed by atoms with Gasteiger partial charge in [-0.15, -0.1) is 0 Å². The summed E-state index contributed by atoms with van der Waals surface area (Å²) in [6.07, 6.45) is 0. The van der Waals surface area contributed by atoms with Gasteiger partial charge in [-0.25, -0.2) is 9.97 Å².